The van der Waals surface area contributed by atoms with Crippen molar-refractivity contribution in [2.24, 2.45) is 0 Å². The second-order valence-corrected chi connectivity index (χ2v) is 5.91. The summed E-state index contributed by atoms with van der Waals surface area (Å²) in [7, 11) is 0. The van der Waals surface area contributed by atoms with Crippen LogP contribution in [0.5, 0.6) is 5.75 Å². The molecule has 5 heteroatoms. The molecule has 1 aliphatic heterocycles. The first-order valence-electron chi connectivity index (χ1n) is 8.43. The van der Waals surface area contributed by atoms with E-state index in [9.17, 15) is 9.59 Å². The number of hydrogen-bond acceptors (Lipinski definition) is 5. The number of ketones is 1. The van der Waals surface area contributed by atoms with Crippen LogP contribution in [0.3, 0.4) is 0 Å². The van der Waals surface area contributed by atoms with Gasteiger partial charge in [-0.3, -0.25) is 9.69 Å². The monoisotopic (exact) mass is 339 g/mol. The molecule has 0 radical (unpaired) electrons. The molecule has 1 heterocycles. The molecular weight excluding hydrogens is 318 g/mol. The molecule has 1 aliphatic rings. The van der Waals surface area contributed by atoms with Gasteiger partial charge in [0.2, 0.25) is 0 Å². The second-order valence-electron chi connectivity index (χ2n) is 5.91. The third-order valence-corrected chi connectivity index (χ3v) is 4.13. The zero-order valence-electron chi connectivity index (χ0n) is 14.0. The molecule has 0 N–H and O–H groups in total. The van der Waals surface area contributed by atoms with Crippen molar-refractivity contribution < 1.29 is 19.1 Å². The topological polar surface area (TPSA) is 55.8 Å². The van der Waals surface area contributed by atoms with Crippen molar-refractivity contribution in [1.82, 2.24) is 4.90 Å². The second kappa shape index (κ2) is 8.55. The molecule has 1 fully saturated rings. The number of esters is 1. The van der Waals surface area contributed by atoms with E-state index in [4.69, 9.17) is 9.47 Å². The number of nitrogens with zero attached hydrogens (tertiary/aromatic N) is 1. The van der Waals surface area contributed by atoms with Gasteiger partial charge in [-0.15, -0.1) is 0 Å². The van der Waals surface area contributed by atoms with Crippen LogP contribution in [0.1, 0.15) is 27.1 Å². The van der Waals surface area contributed by atoms with E-state index in [0.29, 0.717) is 23.3 Å². The highest BCUT2D eigenvalue weighted by Crippen LogP contribution is 2.17. The minimum atomic E-state index is -0.432. The van der Waals surface area contributed by atoms with Gasteiger partial charge in [-0.2, -0.15) is 0 Å². The number of Topliss-reactive ketones (excluding diaryl/α,β-unsaturated/α-hetero) is 1. The number of morpholine rings is 1. The van der Waals surface area contributed by atoms with Gasteiger partial charge >= 0.3 is 5.97 Å². The van der Waals surface area contributed by atoms with Crippen LogP contribution in [0.4, 0.5) is 0 Å². The Hall–Kier alpha value is -2.50. The average molecular weight is 339 g/mol. The molecule has 2 aromatic rings. The largest absolute Gasteiger partial charge is 0.423 e. The van der Waals surface area contributed by atoms with Crippen LogP contribution in [0.2, 0.25) is 0 Å². The van der Waals surface area contributed by atoms with Gasteiger partial charge in [0.1, 0.15) is 5.75 Å². The summed E-state index contributed by atoms with van der Waals surface area (Å²) in [6, 6.07) is 15.6. The minimum absolute atomic E-state index is 0.0455. The molecule has 2 aromatic carbocycles. The lowest BCUT2D eigenvalue weighted by Crippen LogP contribution is -2.37. The first-order chi connectivity index (χ1) is 12.2. The summed E-state index contributed by atoms with van der Waals surface area (Å²) in [6.45, 7) is 3.89. The molecule has 0 unspecified atom stereocenters. The van der Waals surface area contributed by atoms with Crippen LogP contribution in [-0.4, -0.2) is 49.5 Å². The molecule has 25 heavy (non-hydrogen) atoms. The van der Waals surface area contributed by atoms with E-state index in [2.05, 4.69) is 4.90 Å². The van der Waals surface area contributed by atoms with Crippen LogP contribution in [0, 0.1) is 0 Å². The normalized spacial score (nSPS) is 14.9. The van der Waals surface area contributed by atoms with Gasteiger partial charge in [0, 0.05) is 31.6 Å². The van der Waals surface area contributed by atoms with Crippen molar-refractivity contribution in [2.75, 3.05) is 32.8 Å². The van der Waals surface area contributed by atoms with E-state index < -0.39 is 5.97 Å². The molecule has 0 aliphatic carbocycles. The van der Waals surface area contributed by atoms with Crippen LogP contribution >= 0.6 is 0 Å². The number of ether oxygens (including phenoxy) is 2. The summed E-state index contributed by atoms with van der Waals surface area (Å²) in [6.07, 6.45) is 0.441. The highest BCUT2D eigenvalue weighted by Gasteiger charge is 2.14. The Kier molecular flexibility index (Phi) is 5.93. The predicted molar refractivity (Wildman–Crippen MR) is 94.0 cm³/mol. The van der Waals surface area contributed by atoms with E-state index in [1.54, 1.807) is 48.5 Å². The zero-order chi connectivity index (χ0) is 17.5. The maximum atomic E-state index is 12.4. The lowest BCUT2D eigenvalue weighted by Gasteiger charge is -2.26. The third-order valence-electron chi connectivity index (χ3n) is 4.13. The molecule has 1 saturated heterocycles. The Balaban J connectivity index is 1.58. The first-order valence-corrected chi connectivity index (χ1v) is 8.43. The van der Waals surface area contributed by atoms with Crippen molar-refractivity contribution >= 4 is 11.8 Å². The molecule has 0 aromatic heterocycles. The molecule has 0 saturated carbocycles. The molecule has 0 amide bonds. The van der Waals surface area contributed by atoms with Crippen LogP contribution in [0.25, 0.3) is 0 Å². The molecule has 3 rings (SSSR count). The van der Waals surface area contributed by atoms with Gasteiger partial charge in [0.15, 0.2) is 5.78 Å². The summed E-state index contributed by atoms with van der Waals surface area (Å²) in [5.74, 6) is -0.00584. The Bertz CT molecular complexity index is 723. The van der Waals surface area contributed by atoms with Crippen molar-refractivity contribution in [3.8, 4) is 5.75 Å². The molecule has 0 bridgehead atoms. The van der Waals surface area contributed by atoms with E-state index in [0.717, 1.165) is 32.8 Å². The number of carbonyl (C=O) groups is 2. The fourth-order valence-electron chi connectivity index (χ4n) is 2.70. The first kappa shape index (κ1) is 17.3. The van der Waals surface area contributed by atoms with E-state index in [1.807, 2.05) is 6.07 Å². The number of rotatable bonds is 6. The number of hydrogen-bond donors (Lipinski definition) is 0. The smallest absolute Gasteiger partial charge is 0.343 e. The molecule has 130 valence electrons. The van der Waals surface area contributed by atoms with Crippen molar-refractivity contribution in [3.63, 3.8) is 0 Å². The fraction of sp³-hybridized carbons (Fsp3) is 0.300. The highest BCUT2D eigenvalue weighted by atomic mass is 16.5. The minimum Gasteiger partial charge on any atom is -0.423 e. The standard InChI is InChI=1S/C20H21NO4/c22-19(9-10-21-11-13-24-14-12-21)17-7-4-8-18(15-17)25-20(23)16-5-2-1-3-6-16/h1-8,15H,9-14H2. The van der Waals surface area contributed by atoms with Crippen molar-refractivity contribution in [2.45, 2.75) is 6.42 Å². The van der Waals surface area contributed by atoms with E-state index in [-0.39, 0.29) is 5.78 Å². The summed E-state index contributed by atoms with van der Waals surface area (Å²) in [4.78, 5) is 26.7. The summed E-state index contributed by atoms with van der Waals surface area (Å²) < 4.78 is 10.7. The van der Waals surface area contributed by atoms with Gasteiger partial charge in [0.05, 0.1) is 18.8 Å². The zero-order valence-corrected chi connectivity index (χ0v) is 14.0. The summed E-state index contributed by atoms with van der Waals surface area (Å²) >= 11 is 0. The van der Waals surface area contributed by atoms with Crippen LogP contribution < -0.4 is 4.74 Å². The quantitative estimate of drug-likeness (QED) is 0.460. The van der Waals surface area contributed by atoms with E-state index in [1.165, 1.54) is 0 Å². The lowest BCUT2D eigenvalue weighted by atomic mass is 10.1. The van der Waals surface area contributed by atoms with Gasteiger partial charge in [0.25, 0.3) is 0 Å². The van der Waals surface area contributed by atoms with Crippen LogP contribution in [0.15, 0.2) is 54.6 Å². The Morgan fingerprint density at radius 1 is 0.960 bits per heavy atom. The number of benzene rings is 2. The van der Waals surface area contributed by atoms with E-state index >= 15 is 0 Å². The molecule has 0 spiro atoms. The molecule has 5 nitrogen and oxygen atoms in total. The Morgan fingerprint density at radius 2 is 1.68 bits per heavy atom. The third kappa shape index (κ3) is 4.98. The Morgan fingerprint density at radius 3 is 2.44 bits per heavy atom. The number of carbonyl (C=O) groups excluding carboxylic acids is 2. The summed E-state index contributed by atoms with van der Waals surface area (Å²) in [5, 5.41) is 0. The van der Waals surface area contributed by atoms with Gasteiger partial charge in [-0.1, -0.05) is 30.3 Å². The fourth-order valence-corrected chi connectivity index (χ4v) is 2.70. The Labute approximate surface area is 147 Å². The summed E-state index contributed by atoms with van der Waals surface area (Å²) in [5.41, 5.74) is 1.04. The van der Waals surface area contributed by atoms with Gasteiger partial charge < -0.3 is 9.47 Å². The van der Waals surface area contributed by atoms with Gasteiger partial charge in [-0.25, -0.2) is 4.79 Å². The van der Waals surface area contributed by atoms with Crippen LogP contribution in [-0.2, 0) is 4.74 Å². The maximum Gasteiger partial charge on any atom is 0.343 e. The average Bonchev–Trinajstić information content (AvgIpc) is 2.68. The predicted octanol–water partition coefficient (Wildman–Crippen LogP) is 2.81. The van der Waals surface area contributed by atoms with Crippen molar-refractivity contribution in [3.05, 3.63) is 65.7 Å². The molecular formula is C20H21NO4. The van der Waals surface area contributed by atoms with Gasteiger partial charge in [-0.05, 0) is 24.3 Å². The maximum absolute atomic E-state index is 12.4. The molecule has 0 atom stereocenters. The SMILES string of the molecule is O=C(CCN1CCOCC1)c1cccc(OC(=O)c2ccccc2)c1. The van der Waals surface area contributed by atoms with Crippen molar-refractivity contribution in [1.29, 1.82) is 0 Å². The lowest BCUT2D eigenvalue weighted by molar-refractivity contribution is 0.0370. The highest BCUT2D eigenvalue weighted by molar-refractivity contribution is 5.97.